The largest absolute Gasteiger partial charge is 0.452 e. The molecule has 0 bridgehead atoms. The van der Waals surface area contributed by atoms with Gasteiger partial charge in [-0.2, -0.15) is 0 Å². The number of carbonyl (C=O) groups excluding carboxylic acids is 3. The van der Waals surface area contributed by atoms with Crippen LogP contribution in [0.4, 0.5) is 14.5 Å². The maximum atomic E-state index is 13.6. The fourth-order valence-corrected chi connectivity index (χ4v) is 3.04. The highest BCUT2D eigenvalue weighted by atomic mass is 32.1. The molecule has 6 nitrogen and oxygen atoms in total. The van der Waals surface area contributed by atoms with Crippen LogP contribution in [0.25, 0.3) is 0 Å². The van der Waals surface area contributed by atoms with Crippen LogP contribution in [0.5, 0.6) is 0 Å². The molecule has 1 aromatic heterocycles. The molecule has 2 amide bonds. The van der Waals surface area contributed by atoms with Gasteiger partial charge in [0.2, 0.25) is 5.91 Å². The molecule has 2 rings (SSSR count). The van der Waals surface area contributed by atoms with Crippen LogP contribution >= 0.6 is 11.3 Å². The second-order valence-electron chi connectivity index (χ2n) is 5.69. The van der Waals surface area contributed by atoms with Gasteiger partial charge < -0.3 is 15.4 Å². The Morgan fingerprint density at radius 3 is 2.37 bits per heavy atom. The van der Waals surface area contributed by atoms with E-state index in [0.29, 0.717) is 0 Å². The van der Waals surface area contributed by atoms with E-state index < -0.39 is 41.3 Å². The Balaban J connectivity index is 1.97. The maximum absolute atomic E-state index is 13.6. The van der Waals surface area contributed by atoms with E-state index in [0.717, 1.165) is 23.1 Å². The molecule has 0 saturated heterocycles. The molecule has 0 spiro atoms. The first-order chi connectivity index (χ1) is 12.8. The van der Waals surface area contributed by atoms with Crippen molar-refractivity contribution < 1.29 is 27.9 Å². The number of amides is 2. The van der Waals surface area contributed by atoms with Gasteiger partial charge in [0.05, 0.1) is 12.5 Å². The van der Waals surface area contributed by atoms with Crippen molar-refractivity contribution in [2.45, 2.75) is 32.4 Å². The normalized spacial score (nSPS) is 12.7. The Bertz CT molecular complexity index is 807. The van der Waals surface area contributed by atoms with Crippen molar-refractivity contribution in [1.82, 2.24) is 5.32 Å². The average molecular weight is 396 g/mol. The number of hydrogen-bond acceptors (Lipinski definition) is 5. The lowest BCUT2D eigenvalue weighted by Crippen LogP contribution is -2.33. The van der Waals surface area contributed by atoms with Gasteiger partial charge in [0.25, 0.3) is 5.91 Å². The van der Waals surface area contributed by atoms with Crippen molar-refractivity contribution in [2.75, 3.05) is 5.32 Å². The second kappa shape index (κ2) is 9.22. The standard InChI is InChI=1S/C18H18F2N2O4S/c1-10(18(25)22-17-12(19)5-3-6-13(17)20)26-16(24)9-14(21-11(2)23)15-7-4-8-27-15/h3-8,10,14H,9H2,1-2H3,(H,21,23)(H,22,25). The molecule has 0 radical (unpaired) electrons. The molecule has 0 aliphatic rings. The Labute approximate surface area is 158 Å². The lowest BCUT2D eigenvalue weighted by molar-refractivity contribution is -0.153. The van der Waals surface area contributed by atoms with E-state index in [2.05, 4.69) is 10.6 Å². The number of ether oxygens (including phenoxy) is 1. The number of benzene rings is 1. The van der Waals surface area contributed by atoms with Crippen LogP contribution in [-0.2, 0) is 19.1 Å². The van der Waals surface area contributed by atoms with E-state index in [9.17, 15) is 23.2 Å². The van der Waals surface area contributed by atoms with Crippen LogP contribution in [0, 0.1) is 11.6 Å². The third kappa shape index (κ3) is 5.85. The first kappa shape index (κ1) is 20.5. The number of rotatable bonds is 7. The van der Waals surface area contributed by atoms with E-state index in [1.54, 1.807) is 17.5 Å². The Kier molecular flexibility index (Phi) is 7.00. The molecule has 0 aliphatic carbocycles. The molecule has 27 heavy (non-hydrogen) atoms. The zero-order chi connectivity index (χ0) is 20.0. The molecule has 2 atom stereocenters. The van der Waals surface area contributed by atoms with Crippen LogP contribution in [0.15, 0.2) is 35.7 Å². The lowest BCUT2D eigenvalue weighted by Gasteiger charge is -2.18. The molecule has 0 fully saturated rings. The number of para-hydroxylation sites is 1. The summed E-state index contributed by atoms with van der Waals surface area (Å²) < 4.78 is 32.2. The van der Waals surface area contributed by atoms with Gasteiger partial charge in [-0.15, -0.1) is 11.3 Å². The molecule has 2 unspecified atom stereocenters. The lowest BCUT2D eigenvalue weighted by atomic mass is 10.1. The number of carbonyl (C=O) groups is 3. The molecular formula is C18H18F2N2O4S. The number of hydrogen-bond donors (Lipinski definition) is 2. The van der Waals surface area contributed by atoms with Gasteiger partial charge in [-0.3, -0.25) is 14.4 Å². The zero-order valence-electron chi connectivity index (χ0n) is 14.6. The zero-order valence-corrected chi connectivity index (χ0v) is 15.4. The van der Waals surface area contributed by atoms with Crippen molar-refractivity contribution in [1.29, 1.82) is 0 Å². The first-order valence-corrected chi connectivity index (χ1v) is 8.90. The summed E-state index contributed by atoms with van der Waals surface area (Å²) >= 11 is 1.36. The third-order valence-electron chi connectivity index (χ3n) is 3.52. The van der Waals surface area contributed by atoms with Gasteiger partial charge in [-0.25, -0.2) is 8.78 Å². The minimum Gasteiger partial charge on any atom is -0.452 e. The van der Waals surface area contributed by atoms with E-state index in [4.69, 9.17) is 4.74 Å². The SMILES string of the molecule is CC(=O)NC(CC(=O)OC(C)C(=O)Nc1c(F)cccc1F)c1cccs1. The number of thiophene rings is 1. The Morgan fingerprint density at radius 1 is 1.15 bits per heavy atom. The Hall–Kier alpha value is -2.81. The topological polar surface area (TPSA) is 84.5 Å². The van der Waals surface area contributed by atoms with Crippen molar-refractivity contribution in [2.24, 2.45) is 0 Å². The number of anilines is 1. The first-order valence-electron chi connectivity index (χ1n) is 8.02. The van der Waals surface area contributed by atoms with Gasteiger partial charge in [-0.1, -0.05) is 12.1 Å². The molecule has 144 valence electrons. The van der Waals surface area contributed by atoms with Gasteiger partial charge in [-0.05, 0) is 30.5 Å². The van der Waals surface area contributed by atoms with Crippen molar-refractivity contribution in [3.63, 3.8) is 0 Å². The summed E-state index contributed by atoms with van der Waals surface area (Å²) in [4.78, 5) is 36.3. The molecule has 2 aromatic rings. The van der Waals surface area contributed by atoms with E-state index in [1.807, 2.05) is 0 Å². The molecule has 1 heterocycles. The van der Waals surface area contributed by atoms with Crippen molar-refractivity contribution in [3.8, 4) is 0 Å². The number of nitrogens with one attached hydrogen (secondary N) is 2. The average Bonchev–Trinajstić information content (AvgIpc) is 3.11. The van der Waals surface area contributed by atoms with Crippen molar-refractivity contribution in [3.05, 3.63) is 52.2 Å². The predicted molar refractivity (Wildman–Crippen MR) is 96.0 cm³/mol. The fraction of sp³-hybridized carbons (Fsp3) is 0.278. The predicted octanol–water partition coefficient (Wildman–Crippen LogP) is 3.16. The smallest absolute Gasteiger partial charge is 0.309 e. The second-order valence-corrected chi connectivity index (χ2v) is 6.67. The molecule has 1 aromatic carbocycles. The number of esters is 1. The molecule has 0 aliphatic heterocycles. The Morgan fingerprint density at radius 2 is 1.81 bits per heavy atom. The summed E-state index contributed by atoms with van der Waals surface area (Å²) in [6, 6.07) is 6.10. The summed E-state index contributed by atoms with van der Waals surface area (Å²) in [6.07, 6.45) is -1.47. The maximum Gasteiger partial charge on any atom is 0.309 e. The van der Waals surface area contributed by atoms with E-state index >= 15 is 0 Å². The summed E-state index contributed by atoms with van der Waals surface area (Å²) in [5.41, 5.74) is -0.611. The molecule has 2 N–H and O–H groups in total. The van der Waals surface area contributed by atoms with Crippen LogP contribution < -0.4 is 10.6 Å². The molecule has 0 saturated carbocycles. The van der Waals surface area contributed by atoms with Gasteiger partial charge >= 0.3 is 5.97 Å². The van der Waals surface area contributed by atoms with E-state index in [1.165, 1.54) is 25.2 Å². The minimum atomic E-state index is -1.28. The van der Waals surface area contributed by atoms with Gasteiger partial charge in [0.1, 0.15) is 17.3 Å². The highest BCUT2D eigenvalue weighted by molar-refractivity contribution is 7.10. The minimum absolute atomic E-state index is 0.189. The monoisotopic (exact) mass is 396 g/mol. The summed E-state index contributed by atoms with van der Waals surface area (Å²) in [6.45, 7) is 2.61. The molecule has 9 heteroatoms. The third-order valence-corrected chi connectivity index (χ3v) is 4.51. The van der Waals surface area contributed by atoms with Gasteiger partial charge in [0, 0.05) is 11.8 Å². The van der Waals surface area contributed by atoms with Crippen LogP contribution in [0.2, 0.25) is 0 Å². The van der Waals surface area contributed by atoms with Crippen molar-refractivity contribution >= 4 is 34.8 Å². The fourth-order valence-electron chi connectivity index (χ4n) is 2.27. The molecular weight excluding hydrogens is 378 g/mol. The number of halogens is 2. The van der Waals surface area contributed by atoms with E-state index in [-0.39, 0.29) is 12.3 Å². The van der Waals surface area contributed by atoms with Crippen LogP contribution in [0.1, 0.15) is 31.2 Å². The quantitative estimate of drug-likeness (QED) is 0.704. The van der Waals surface area contributed by atoms with Crippen LogP contribution in [-0.4, -0.2) is 23.9 Å². The summed E-state index contributed by atoms with van der Waals surface area (Å²) in [7, 11) is 0. The summed E-state index contributed by atoms with van der Waals surface area (Å²) in [5.74, 6) is -3.81. The van der Waals surface area contributed by atoms with Crippen LogP contribution in [0.3, 0.4) is 0 Å². The highest BCUT2D eigenvalue weighted by Gasteiger charge is 2.24. The van der Waals surface area contributed by atoms with Gasteiger partial charge in [0.15, 0.2) is 6.10 Å². The highest BCUT2D eigenvalue weighted by Crippen LogP contribution is 2.23. The summed E-state index contributed by atoms with van der Waals surface area (Å²) in [5, 5.41) is 6.50.